The summed E-state index contributed by atoms with van der Waals surface area (Å²) in [7, 11) is 1.78. The van der Waals surface area contributed by atoms with Gasteiger partial charge >= 0.3 is 6.03 Å². The second-order valence-corrected chi connectivity index (χ2v) is 10.4. The lowest BCUT2D eigenvalue weighted by Crippen LogP contribution is -2.64. The van der Waals surface area contributed by atoms with Crippen LogP contribution in [0.15, 0.2) is 0 Å². The van der Waals surface area contributed by atoms with Crippen LogP contribution in [0.4, 0.5) is 4.79 Å². The molecule has 4 bridgehead atoms. The van der Waals surface area contributed by atoms with E-state index in [1.54, 1.807) is 11.9 Å². The van der Waals surface area contributed by atoms with Gasteiger partial charge in [-0.1, -0.05) is 20.3 Å². The number of carbonyl (C=O) groups excluding carboxylic acids is 3. The summed E-state index contributed by atoms with van der Waals surface area (Å²) >= 11 is 0. The molecule has 5 nitrogen and oxygen atoms in total. The van der Waals surface area contributed by atoms with Crippen molar-refractivity contribution in [2.45, 2.75) is 84.1 Å². The minimum atomic E-state index is -0.799. The number of carbonyl (C=O) groups is 3. The van der Waals surface area contributed by atoms with Gasteiger partial charge in [0.15, 0.2) is 5.78 Å². The number of urea groups is 1. The Labute approximate surface area is 169 Å². The van der Waals surface area contributed by atoms with Gasteiger partial charge in [0.1, 0.15) is 5.54 Å². The van der Waals surface area contributed by atoms with E-state index in [9.17, 15) is 14.4 Å². The number of hydrogen-bond donors (Lipinski definition) is 0. The minimum Gasteiger partial charge on any atom is -0.312 e. The summed E-state index contributed by atoms with van der Waals surface area (Å²) in [5.74, 6) is 2.00. The van der Waals surface area contributed by atoms with Crippen molar-refractivity contribution in [2.75, 3.05) is 13.6 Å². The average molecular weight is 389 g/mol. The minimum absolute atomic E-state index is 0.0363. The van der Waals surface area contributed by atoms with Crippen LogP contribution in [0.5, 0.6) is 0 Å². The van der Waals surface area contributed by atoms with E-state index in [0.717, 1.165) is 38.5 Å². The van der Waals surface area contributed by atoms with Crippen LogP contribution in [0.25, 0.3) is 0 Å². The van der Waals surface area contributed by atoms with Gasteiger partial charge in [0.05, 0.1) is 6.54 Å². The molecule has 0 radical (unpaired) electrons. The first-order valence-corrected chi connectivity index (χ1v) is 11.4. The monoisotopic (exact) mass is 388 g/mol. The molecular weight excluding hydrogens is 352 g/mol. The van der Waals surface area contributed by atoms with Crippen LogP contribution in [-0.4, -0.2) is 46.7 Å². The van der Waals surface area contributed by atoms with Gasteiger partial charge < -0.3 is 4.90 Å². The Morgan fingerprint density at radius 3 is 2.07 bits per heavy atom. The molecule has 1 aliphatic heterocycles. The van der Waals surface area contributed by atoms with Crippen molar-refractivity contribution < 1.29 is 14.4 Å². The molecule has 0 aromatic rings. The Balaban J connectivity index is 1.60. The molecule has 2 atom stereocenters. The van der Waals surface area contributed by atoms with E-state index in [2.05, 4.69) is 6.92 Å². The highest BCUT2D eigenvalue weighted by molar-refractivity contribution is 6.09. The first kappa shape index (κ1) is 19.9. The average Bonchev–Trinajstić information content (AvgIpc) is 2.81. The first-order chi connectivity index (χ1) is 13.3. The predicted molar refractivity (Wildman–Crippen MR) is 108 cm³/mol. The molecule has 3 amide bonds. The van der Waals surface area contributed by atoms with E-state index in [1.165, 1.54) is 24.2 Å². The number of amides is 3. The van der Waals surface area contributed by atoms with Gasteiger partial charge in [-0.05, 0) is 76.0 Å². The Morgan fingerprint density at radius 1 is 1.07 bits per heavy atom. The van der Waals surface area contributed by atoms with Crippen molar-refractivity contribution in [1.82, 2.24) is 9.80 Å². The van der Waals surface area contributed by atoms with E-state index in [-0.39, 0.29) is 35.6 Å². The largest absolute Gasteiger partial charge is 0.327 e. The van der Waals surface area contributed by atoms with E-state index < -0.39 is 5.54 Å². The second kappa shape index (κ2) is 6.84. The number of ketones is 1. The maximum Gasteiger partial charge on any atom is 0.327 e. The quantitative estimate of drug-likeness (QED) is 0.613. The van der Waals surface area contributed by atoms with Crippen LogP contribution in [-0.2, 0) is 9.59 Å². The van der Waals surface area contributed by atoms with E-state index >= 15 is 0 Å². The summed E-state index contributed by atoms with van der Waals surface area (Å²) in [5.41, 5.74) is -0.901. The molecule has 0 spiro atoms. The van der Waals surface area contributed by atoms with Crippen molar-refractivity contribution in [3.8, 4) is 0 Å². The van der Waals surface area contributed by atoms with Gasteiger partial charge in [0.2, 0.25) is 0 Å². The van der Waals surface area contributed by atoms with Crippen LogP contribution in [0.1, 0.15) is 78.6 Å². The molecule has 0 aromatic heterocycles. The second-order valence-electron chi connectivity index (χ2n) is 10.4. The number of nitrogens with zero attached hydrogens (tertiary/aromatic N) is 2. The highest BCUT2D eigenvalue weighted by Crippen LogP contribution is 2.65. The maximum absolute atomic E-state index is 13.7. The number of rotatable bonds is 7. The highest BCUT2D eigenvalue weighted by Gasteiger charge is 2.68. The first-order valence-electron chi connectivity index (χ1n) is 11.4. The summed E-state index contributed by atoms with van der Waals surface area (Å²) < 4.78 is 0. The topological polar surface area (TPSA) is 57.7 Å². The molecule has 5 fully saturated rings. The van der Waals surface area contributed by atoms with Gasteiger partial charge in [0, 0.05) is 18.4 Å². The molecule has 5 aliphatic rings. The Kier molecular flexibility index (Phi) is 4.86. The Hall–Kier alpha value is -1.39. The molecule has 4 aliphatic carbocycles. The van der Waals surface area contributed by atoms with Crippen molar-refractivity contribution in [3.63, 3.8) is 0 Å². The third-order valence-corrected chi connectivity index (χ3v) is 8.82. The SMILES string of the molecule is CCCC(CC)C(=O)CN1C(=O)N(C)C(C)(C23CC4CC(CC(C4)C2)C3)C1=O. The van der Waals surface area contributed by atoms with Crippen molar-refractivity contribution >= 4 is 17.7 Å². The fraction of sp³-hybridized carbons (Fsp3) is 0.870. The van der Waals surface area contributed by atoms with Crippen LogP contribution in [0.2, 0.25) is 0 Å². The van der Waals surface area contributed by atoms with Crippen molar-refractivity contribution in [3.05, 3.63) is 0 Å². The van der Waals surface area contributed by atoms with Gasteiger partial charge in [-0.25, -0.2) is 4.79 Å². The normalized spacial score (nSPS) is 40.5. The molecule has 0 aromatic carbocycles. The maximum atomic E-state index is 13.7. The summed E-state index contributed by atoms with van der Waals surface area (Å²) in [6, 6.07) is -0.275. The van der Waals surface area contributed by atoms with Crippen molar-refractivity contribution in [1.29, 1.82) is 0 Å². The Morgan fingerprint density at radius 2 is 1.61 bits per heavy atom. The summed E-state index contributed by atoms with van der Waals surface area (Å²) in [5, 5.41) is 0. The van der Waals surface area contributed by atoms with Crippen LogP contribution in [0.3, 0.4) is 0 Å². The zero-order chi connectivity index (χ0) is 20.3. The molecule has 28 heavy (non-hydrogen) atoms. The summed E-state index contributed by atoms with van der Waals surface area (Å²) in [4.78, 5) is 42.6. The van der Waals surface area contributed by atoms with Gasteiger partial charge in [0.25, 0.3) is 5.91 Å². The fourth-order valence-corrected chi connectivity index (χ4v) is 7.52. The lowest BCUT2D eigenvalue weighted by Gasteiger charge is -2.62. The third-order valence-electron chi connectivity index (χ3n) is 8.82. The molecular formula is C23H36N2O3. The highest BCUT2D eigenvalue weighted by atomic mass is 16.2. The van der Waals surface area contributed by atoms with Crippen LogP contribution < -0.4 is 0 Å². The number of Topliss-reactive ketones (excluding diaryl/α,β-unsaturated/α-hetero) is 1. The lowest BCUT2D eigenvalue weighted by atomic mass is 9.44. The smallest absolute Gasteiger partial charge is 0.312 e. The standard InChI is InChI=1S/C23H36N2O3/c1-5-7-18(6-2)19(26)14-25-20(27)22(3,24(4)21(25)28)23-11-15-8-16(12-23)10-17(9-15)13-23/h15-18H,5-14H2,1-4H3. The van der Waals surface area contributed by atoms with E-state index in [4.69, 9.17) is 0 Å². The molecule has 0 N–H and O–H groups in total. The molecule has 1 saturated heterocycles. The Bertz CT molecular complexity index is 652. The zero-order valence-electron chi connectivity index (χ0n) is 18.0. The summed E-state index contributed by atoms with van der Waals surface area (Å²) in [6.45, 7) is 6.02. The summed E-state index contributed by atoms with van der Waals surface area (Å²) in [6.07, 6.45) is 9.64. The molecule has 2 unspecified atom stereocenters. The van der Waals surface area contributed by atoms with Crippen LogP contribution in [0, 0.1) is 29.1 Å². The molecule has 4 saturated carbocycles. The number of imide groups is 1. The molecule has 156 valence electrons. The zero-order valence-corrected chi connectivity index (χ0v) is 18.0. The third kappa shape index (κ3) is 2.68. The molecule has 5 rings (SSSR count). The number of likely N-dealkylation sites (N-methyl/N-ethyl adjacent to an activating group) is 1. The lowest BCUT2D eigenvalue weighted by molar-refractivity contribution is -0.157. The predicted octanol–water partition coefficient (Wildman–Crippen LogP) is 4.25. The van der Waals surface area contributed by atoms with Gasteiger partial charge in [-0.2, -0.15) is 0 Å². The van der Waals surface area contributed by atoms with Crippen molar-refractivity contribution in [2.24, 2.45) is 29.1 Å². The van der Waals surface area contributed by atoms with Crippen LogP contribution >= 0.6 is 0 Å². The van der Waals surface area contributed by atoms with Gasteiger partial charge in [-0.15, -0.1) is 0 Å². The fourth-order valence-electron chi connectivity index (χ4n) is 7.52. The van der Waals surface area contributed by atoms with E-state index in [1.807, 2.05) is 13.8 Å². The molecule has 1 heterocycles. The molecule has 5 heteroatoms. The van der Waals surface area contributed by atoms with Gasteiger partial charge in [-0.3, -0.25) is 14.5 Å². The number of hydrogen-bond acceptors (Lipinski definition) is 3. The van der Waals surface area contributed by atoms with E-state index in [0.29, 0.717) is 17.8 Å².